The maximum atomic E-state index is 9.51. The van der Waals surface area contributed by atoms with Gasteiger partial charge in [-0.3, -0.25) is 0 Å². The molecular formula is C8H9BrClNO. The second-order valence-electron chi connectivity index (χ2n) is 2.58. The summed E-state index contributed by atoms with van der Waals surface area (Å²) in [6.07, 6.45) is 0. The van der Waals surface area contributed by atoms with E-state index in [-0.39, 0.29) is 11.8 Å². The molecule has 0 fully saturated rings. The van der Waals surface area contributed by atoms with Gasteiger partial charge >= 0.3 is 0 Å². The van der Waals surface area contributed by atoms with Gasteiger partial charge in [-0.25, -0.2) is 0 Å². The van der Waals surface area contributed by atoms with Crippen molar-refractivity contribution in [3.63, 3.8) is 0 Å². The fraction of sp³-hybridized carbons (Fsp3) is 0.250. The molecule has 0 aromatic heterocycles. The van der Waals surface area contributed by atoms with E-state index in [0.717, 1.165) is 4.47 Å². The molecule has 0 amide bonds. The van der Waals surface area contributed by atoms with Gasteiger partial charge in [0.2, 0.25) is 0 Å². The Labute approximate surface area is 84.5 Å². The number of phenols is 1. The van der Waals surface area contributed by atoms with Crippen LogP contribution in [0.4, 0.5) is 0 Å². The molecule has 1 aromatic rings. The van der Waals surface area contributed by atoms with Crippen molar-refractivity contribution in [3.8, 4) is 5.75 Å². The van der Waals surface area contributed by atoms with Crippen LogP contribution >= 0.6 is 27.5 Å². The molecule has 1 aromatic carbocycles. The number of rotatable bonds is 1. The Morgan fingerprint density at radius 2 is 2.17 bits per heavy atom. The molecule has 0 saturated heterocycles. The molecule has 0 unspecified atom stereocenters. The van der Waals surface area contributed by atoms with E-state index in [1.165, 1.54) is 0 Å². The minimum atomic E-state index is -0.238. The van der Waals surface area contributed by atoms with Crippen LogP contribution in [0.25, 0.3) is 0 Å². The molecule has 0 heterocycles. The highest BCUT2D eigenvalue weighted by Gasteiger charge is 2.12. The lowest BCUT2D eigenvalue weighted by Crippen LogP contribution is -2.06. The summed E-state index contributed by atoms with van der Waals surface area (Å²) < 4.78 is 0.777. The fourth-order valence-corrected chi connectivity index (χ4v) is 1.84. The first-order valence-electron chi connectivity index (χ1n) is 3.46. The van der Waals surface area contributed by atoms with Crippen molar-refractivity contribution in [1.82, 2.24) is 0 Å². The average molecular weight is 251 g/mol. The van der Waals surface area contributed by atoms with Crippen LogP contribution in [0.15, 0.2) is 16.6 Å². The van der Waals surface area contributed by atoms with Crippen LogP contribution in [0.3, 0.4) is 0 Å². The average Bonchev–Trinajstić information content (AvgIpc) is 1.97. The lowest BCUT2D eigenvalue weighted by atomic mass is 10.1. The van der Waals surface area contributed by atoms with Crippen molar-refractivity contribution < 1.29 is 5.11 Å². The van der Waals surface area contributed by atoms with Crippen molar-refractivity contribution in [1.29, 1.82) is 0 Å². The molecule has 0 saturated carbocycles. The van der Waals surface area contributed by atoms with Crippen LogP contribution in [0.2, 0.25) is 5.02 Å². The van der Waals surface area contributed by atoms with E-state index in [0.29, 0.717) is 10.6 Å². The van der Waals surface area contributed by atoms with E-state index in [4.69, 9.17) is 17.3 Å². The molecule has 66 valence electrons. The van der Waals surface area contributed by atoms with Crippen molar-refractivity contribution >= 4 is 27.5 Å². The van der Waals surface area contributed by atoms with Crippen LogP contribution in [0, 0.1) is 0 Å². The third-order valence-electron chi connectivity index (χ3n) is 1.57. The van der Waals surface area contributed by atoms with Crippen LogP contribution in [-0.2, 0) is 0 Å². The molecular weight excluding hydrogens is 241 g/mol. The molecule has 0 spiro atoms. The summed E-state index contributed by atoms with van der Waals surface area (Å²) in [5.41, 5.74) is 6.28. The van der Waals surface area contributed by atoms with Crippen molar-refractivity contribution in [2.45, 2.75) is 13.0 Å². The zero-order valence-electron chi connectivity index (χ0n) is 6.51. The molecule has 1 rings (SSSR count). The first kappa shape index (κ1) is 9.84. The largest absolute Gasteiger partial charge is 0.506 e. The maximum Gasteiger partial charge on any atom is 0.140 e. The van der Waals surface area contributed by atoms with Crippen LogP contribution in [0.5, 0.6) is 5.75 Å². The van der Waals surface area contributed by atoms with Crippen molar-refractivity contribution in [3.05, 3.63) is 27.2 Å². The Morgan fingerprint density at radius 1 is 1.58 bits per heavy atom. The topological polar surface area (TPSA) is 46.2 Å². The van der Waals surface area contributed by atoms with E-state index in [1.54, 1.807) is 19.1 Å². The number of hydrogen-bond acceptors (Lipinski definition) is 2. The Morgan fingerprint density at radius 3 is 2.58 bits per heavy atom. The molecule has 0 aliphatic heterocycles. The first-order valence-corrected chi connectivity index (χ1v) is 4.63. The molecule has 2 nitrogen and oxygen atoms in total. The zero-order chi connectivity index (χ0) is 9.30. The summed E-state index contributed by atoms with van der Waals surface area (Å²) in [6, 6.07) is 3.14. The van der Waals surface area contributed by atoms with Crippen molar-refractivity contribution in [2.75, 3.05) is 0 Å². The van der Waals surface area contributed by atoms with Gasteiger partial charge in [0.05, 0.1) is 5.02 Å². The van der Waals surface area contributed by atoms with Gasteiger partial charge in [0.15, 0.2) is 0 Å². The van der Waals surface area contributed by atoms with Gasteiger partial charge in [0.25, 0.3) is 0 Å². The van der Waals surface area contributed by atoms with E-state index >= 15 is 0 Å². The number of nitrogens with two attached hydrogens (primary N) is 1. The smallest absolute Gasteiger partial charge is 0.140 e. The highest BCUT2D eigenvalue weighted by molar-refractivity contribution is 9.10. The highest BCUT2D eigenvalue weighted by atomic mass is 79.9. The highest BCUT2D eigenvalue weighted by Crippen LogP contribution is 2.35. The normalized spacial score (nSPS) is 13.0. The van der Waals surface area contributed by atoms with Gasteiger partial charge in [-0.15, -0.1) is 0 Å². The van der Waals surface area contributed by atoms with E-state index in [1.807, 2.05) is 0 Å². The summed E-state index contributed by atoms with van der Waals surface area (Å²) in [4.78, 5) is 0. The SMILES string of the molecule is C[C@@H](N)c1c(Br)ccc(Cl)c1O. The summed E-state index contributed by atoms with van der Waals surface area (Å²) in [5, 5.41) is 9.83. The number of halogens is 2. The standard InChI is InChI=1S/C8H9BrClNO/c1-4(11)7-5(9)2-3-6(10)8(7)12/h2-4,12H,11H2,1H3/t4-/m1/s1. The molecule has 0 bridgehead atoms. The van der Waals surface area contributed by atoms with Gasteiger partial charge in [-0.05, 0) is 19.1 Å². The molecule has 0 radical (unpaired) electrons. The second-order valence-corrected chi connectivity index (χ2v) is 3.84. The van der Waals surface area contributed by atoms with Crippen LogP contribution in [-0.4, -0.2) is 5.11 Å². The summed E-state index contributed by atoms with van der Waals surface area (Å²) in [6.45, 7) is 1.79. The summed E-state index contributed by atoms with van der Waals surface area (Å²) in [7, 11) is 0. The third-order valence-corrected chi connectivity index (χ3v) is 2.57. The maximum absolute atomic E-state index is 9.51. The Balaban J connectivity index is 3.33. The van der Waals surface area contributed by atoms with Gasteiger partial charge in [0, 0.05) is 16.1 Å². The van der Waals surface area contributed by atoms with Gasteiger partial charge in [-0.1, -0.05) is 27.5 Å². The first-order chi connectivity index (χ1) is 5.54. The summed E-state index contributed by atoms with van der Waals surface area (Å²) >= 11 is 8.99. The Bertz CT molecular complexity index is 301. The molecule has 1 atom stereocenters. The predicted molar refractivity (Wildman–Crippen MR) is 53.4 cm³/mol. The Hall–Kier alpha value is -0.250. The van der Waals surface area contributed by atoms with E-state index < -0.39 is 0 Å². The van der Waals surface area contributed by atoms with E-state index in [2.05, 4.69) is 15.9 Å². The zero-order valence-corrected chi connectivity index (χ0v) is 8.85. The minimum absolute atomic E-state index is 0.0565. The lowest BCUT2D eigenvalue weighted by Gasteiger charge is -2.11. The van der Waals surface area contributed by atoms with Gasteiger partial charge in [-0.2, -0.15) is 0 Å². The number of phenolic OH excluding ortho intramolecular Hbond substituents is 1. The molecule has 4 heteroatoms. The fourth-order valence-electron chi connectivity index (χ4n) is 0.990. The number of hydrogen-bond donors (Lipinski definition) is 2. The predicted octanol–water partition coefficient (Wildman–Crippen LogP) is 2.83. The van der Waals surface area contributed by atoms with E-state index in [9.17, 15) is 5.11 Å². The third kappa shape index (κ3) is 1.73. The minimum Gasteiger partial charge on any atom is -0.506 e. The van der Waals surface area contributed by atoms with Gasteiger partial charge < -0.3 is 10.8 Å². The number of benzene rings is 1. The quantitative estimate of drug-likeness (QED) is 0.805. The van der Waals surface area contributed by atoms with Crippen LogP contribution in [0.1, 0.15) is 18.5 Å². The van der Waals surface area contributed by atoms with Crippen molar-refractivity contribution in [2.24, 2.45) is 5.73 Å². The monoisotopic (exact) mass is 249 g/mol. The summed E-state index contributed by atoms with van der Waals surface area (Å²) in [5.74, 6) is 0.0565. The second kappa shape index (κ2) is 3.64. The molecule has 12 heavy (non-hydrogen) atoms. The van der Waals surface area contributed by atoms with Gasteiger partial charge in [0.1, 0.15) is 5.75 Å². The lowest BCUT2D eigenvalue weighted by molar-refractivity contribution is 0.463. The molecule has 3 N–H and O–H groups in total. The Kier molecular flexibility index (Phi) is 2.99. The molecule has 0 aliphatic rings. The van der Waals surface area contributed by atoms with Crippen LogP contribution < -0.4 is 5.73 Å². The number of aromatic hydroxyl groups is 1. The molecule has 0 aliphatic carbocycles.